The van der Waals surface area contributed by atoms with Crippen LogP contribution in [0.2, 0.25) is 0 Å². The fraction of sp³-hybridized carbons (Fsp3) is 0.643. The summed E-state index contributed by atoms with van der Waals surface area (Å²) in [4.78, 5) is 13.8. The van der Waals surface area contributed by atoms with Gasteiger partial charge >= 0.3 is 0 Å². The SMILES string of the molecule is CCN(CC)Cc1c(O)c(=O)cc(CO)n1CC(C)O. The molecule has 0 aliphatic rings. The summed E-state index contributed by atoms with van der Waals surface area (Å²) in [5.41, 5.74) is 0.333. The predicted molar refractivity (Wildman–Crippen MR) is 76.6 cm³/mol. The van der Waals surface area contributed by atoms with Gasteiger partial charge in [-0.3, -0.25) is 9.69 Å². The van der Waals surface area contributed by atoms with Crippen molar-refractivity contribution in [2.75, 3.05) is 13.1 Å². The van der Waals surface area contributed by atoms with Crippen molar-refractivity contribution in [1.29, 1.82) is 0 Å². The highest BCUT2D eigenvalue weighted by Gasteiger charge is 2.17. The van der Waals surface area contributed by atoms with Crippen LogP contribution in [0.1, 0.15) is 32.2 Å². The molecule has 0 fully saturated rings. The summed E-state index contributed by atoms with van der Waals surface area (Å²) in [5, 5.41) is 29.0. The molecule has 0 aromatic carbocycles. The standard InChI is InChI=1S/C14H24N2O4/c1-4-15(5-2)8-12-14(20)13(19)6-11(9-17)16(12)7-10(3)18/h6,10,17-18,20H,4-5,7-9H2,1-3H3. The molecule has 1 heterocycles. The highest BCUT2D eigenvalue weighted by Crippen LogP contribution is 2.18. The third-order valence-electron chi connectivity index (χ3n) is 3.35. The predicted octanol–water partition coefficient (Wildman–Crippen LogP) is 0.269. The van der Waals surface area contributed by atoms with E-state index in [9.17, 15) is 20.1 Å². The first kappa shape index (κ1) is 16.7. The van der Waals surface area contributed by atoms with Gasteiger partial charge in [-0.2, -0.15) is 0 Å². The minimum atomic E-state index is -0.641. The number of aromatic nitrogens is 1. The molecule has 3 N–H and O–H groups in total. The maximum absolute atomic E-state index is 11.8. The number of hydrogen-bond donors (Lipinski definition) is 3. The molecule has 1 unspecified atom stereocenters. The number of rotatable bonds is 7. The maximum atomic E-state index is 11.8. The van der Waals surface area contributed by atoms with Gasteiger partial charge in [-0.25, -0.2) is 0 Å². The molecule has 0 saturated carbocycles. The summed E-state index contributed by atoms with van der Waals surface area (Å²) in [6.07, 6.45) is -0.641. The third-order valence-corrected chi connectivity index (χ3v) is 3.35. The van der Waals surface area contributed by atoms with Crippen LogP contribution in [-0.4, -0.2) is 44.0 Å². The molecule has 0 aliphatic carbocycles. The summed E-state index contributed by atoms with van der Waals surface area (Å²) < 4.78 is 1.62. The Kier molecular flexibility index (Phi) is 6.19. The lowest BCUT2D eigenvalue weighted by molar-refractivity contribution is 0.163. The number of pyridine rings is 1. The average Bonchev–Trinajstić information content (AvgIpc) is 2.42. The van der Waals surface area contributed by atoms with E-state index >= 15 is 0 Å². The van der Waals surface area contributed by atoms with E-state index in [1.807, 2.05) is 18.7 Å². The van der Waals surface area contributed by atoms with Gasteiger partial charge < -0.3 is 19.9 Å². The van der Waals surface area contributed by atoms with Crippen LogP contribution in [0.5, 0.6) is 5.75 Å². The first-order chi connectivity index (χ1) is 9.44. The molecule has 0 aliphatic heterocycles. The van der Waals surface area contributed by atoms with E-state index < -0.39 is 11.5 Å². The minimum Gasteiger partial charge on any atom is -0.503 e. The summed E-state index contributed by atoms with van der Waals surface area (Å²) in [7, 11) is 0. The molecule has 1 rings (SSSR count). The molecular weight excluding hydrogens is 260 g/mol. The van der Waals surface area contributed by atoms with E-state index in [1.54, 1.807) is 11.5 Å². The molecule has 20 heavy (non-hydrogen) atoms. The average molecular weight is 284 g/mol. The van der Waals surface area contributed by atoms with Crippen LogP contribution in [0.25, 0.3) is 0 Å². The highest BCUT2D eigenvalue weighted by atomic mass is 16.3. The van der Waals surface area contributed by atoms with E-state index in [-0.39, 0.29) is 18.9 Å². The van der Waals surface area contributed by atoms with Gasteiger partial charge in [0.05, 0.1) is 18.4 Å². The van der Waals surface area contributed by atoms with Gasteiger partial charge in [-0.05, 0) is 20.0 Å². The molecule has 1 aromatic heterocycles. The van der Waals surface area contributed by atoms with Crippen LogP contribution in [0, 0.1) is 0 Å². The Balaban J connectivity index is 3.35. The van der Waals surface area contributed by atoms with Gasteiger partial charge in [0.2, 0.25) is 5.43 Å². The summed E-state index contributed by atoms with van der Waals surface area (Å²) in [5.74, 6) is -0.310. The Hall–Kier alpha value is -1.37. The summed E-state index contributed by atoms with van der Waals surface area (Å²) in [6.45, 7) is 7.48. The molecule has 114 valence electrons. The maximum Gasteiger partial charge on any atom is 0.223 e. The summed E-state index contributed by atoms with van der Waals surface area (Å²) in [6, 6.07) is 1.21. The van der Waals surface area contributed by atoms with E-state index in [0.717, 1.165) is 13.1 Å². The molecular formula is C14H24N2O4. The molecule has 0 spiro atoms. The zero-order valence-corrected chi connectivity index (χ0v) is 12.3. The van der Waals surface area contributed by atoms with Crippen molar-refractivity contribution in [2.24, 2.45) is 0 Å². The number of aliphatic hydroxyl groups is 2. The van der Waals surface area contributed by atoms with Gasteiger partial charge in [0.15, 0.2) is 5.75 Å². The van der Waals surface area contributed by atoms with Crippen molar-refractivity contribution in [2.45, 2.75) is 46.6 Å². The summed E-state index contributed by atoms with van der Waals surface area (Å²) >= 11 is 0. The topological polar surface area (TPSA) is 85.9 Å². The second-order valence-corrected chi connectivity index (χ2v) is 4.87. The number of nitrogens with zero attached hydrogens (tertiary/aromatic N) is 2. The molecule has 0 bridgehead atoms. The molecule has 6 nitrogen and oxygen atoms in total. The number of aromatic hydroxyl groups is 1. The fourth-order valence-corrected chi connectivity index (χ4v) is 2.18. The van der Waals surface area contributed by atoms with Crippen molar-refractivity contribution >= 4 is 0 Å². The van der Waals surface area contributed by atoms with Gasteiger partial charge in [0.1, 0.15) is 0 Å². The van der Waals surface area contributed by atoms with Crippen molar-refractivity contribution in [3.63, 3.8) is 0 Å². The monoisotopic (exact) mass is 284 g/mol. The lowest BCUT2D eigenvalue weighted by Crippen LogP contribution is -2.29. The van der Waals surface area contributed by atoms with Crippen LogP contribution in [0.15, 0.2) is 10.9 Å². The van der Waals surface area contributed by atoms with E-state index in [4.69, 9.17) is 0 Å². The van der Waals surface area contributed by atoms with E-state index in [1.165, 1.54) is 6.07 Å². The minimum absolute atomic E-state index is 0.223. The largest absolute Gasteiger partial charge is 0.503 e. The number of hydrogen-bond acceptors (Lipinski definition) is 5. The molecule has 0 radical (unpaired) electrons. The van der Waals surface area contributed by atoms with Crippen LogP contribution < -0.4 is 5.43 Å². The van der Waals surface area contributed by atoms with Crippen molar-refractivity contribution < 1.29 is 15.3 Å². The molecule has 0 saturated heterocycles. The fourth-order valence-electron chi connectivity index (χ4n) is 2.18. The van der Waals surface area contributed by atoms with Gasteiger partial charge in [0.25, 0.3) is 0 Å². The number of aliphatic hydroxyl groups excluding tert-OH is 2. The Morgan fingerprint density at radius 3 is 2.40 bits per heavy atom. The zero-order chi connectivity index (χ0) is 15.3. The first-order valence-electron chi connectivity index (χ1n) is 6.90. The Morgan fingerprint density at radius 1 is 1.35 bits per heavy atom. The molecule has 6 heteroatoms. The van der Waals surface area contributed by atoms with E-state index in [2.05, 4.69) is 0 Å². The van der Waals surface area contributed by atoms with Crippen molar-refractivity contribution in [3.8, 4) is 5.75 Å². The molecule has 1 aromatic rings. The lowest BCUT2D eigenvalue weighted by Gasteiger charge is -2.24. The Labute approximate surface area is 118 Å². The second kappa shape index (κ2) is 7.42. The molecule has 0 amide bonds. The van der Waals surface area contributed by atoms with Crippen molar-refractivity contribution in [3.05, 3.63) is 27.7 Å². The third kappa shape index (κ3) is 3.82. The van der Waals surface area contributed by atoms with Crippen LogP contribution in [-0.2, 0) is 19.7 Å². The lowest BCUT2D eigenvalue weighted by atomic mass is 10.2. The Morgan fingerprint density at radius 2 is 1.95 bits per heavy atom. The first-order valence-corrected chi connectivity index (χ1v) is 6.90. The smallest absolute Gasteiger partial charge is 0.223 e. The van der Waals surface area contributed by atoms with Crippen LogP contribution in [0.3, 0.4) is 0 Å². The van der Waals surface area contributed by atoms with Crippen LogP contribution >= 0.6 is 0 Å². The normalized spacial score (nSPS) is 12.9. The quantitative estimate of drug-likeness (QED) is 0.669. The highest BCUT2D eigenvalue weighted by molar-refractivity contribution is 5.30. The van der Waals surface area contributed by atoms with Gasteiger partial charge in [-0.15, -0.1) is 0 Å². The second-order valence-electron chi connectivity index (χ2n) is 4.87. The van der Waals surface area contributed by atoms with Crippen molar-refractivity contribution in [1.82, 2.24) is 9.47 Å². The van der Waals surface area contributed by atoms with Gasteiger partial charge in [-0.1, -0.05) is 13.8 Å². The van der Waals surface area contributed by atoms with Gasteiger partial charge in [0, 0.05) is 24.8 Å². The van der Waals surface area contributed by atoms with E-state index in [0.29, 0.717) is 17.9 Å². The Bertz CT molecular complexity index is 493. The zero-order valence-electron chi connectivity index (χ0n) is 12.3. The molecule has 1 atom stereocenters. The van der Waals surface area contributed by atoms with Crippen LogP contribution in [0.4, 0.5) is 0 Å².